The van der Waals surface area contributed by atoms with Crippen LogP contribution in [0.2, 0.25) is 0 Å². The molecule has 4 nitrogen and oxygen atoms in total. The van der Waals surface area contributed by atoms with Crippen molar-refractivity contribution in [3.8, 4) is 11.5 Å². The molecule has 0 radical (unpaired) electrons. The van der Waals surface area contributed by atoms with Gasteiger partial charge in [0.15, 0.2) is 11.5 Å². The second-order valence-electron chi connectivity index (χ2n) is 7.55. The van der Waals surface area contributed by atoms with E-state index < -0.39 is 0 Å². The molecule has 1 unspecified atom stereocenters. The fourth-order valence-electron chi connectivity index (χ4n) is 3.67. The summed E-state index contributed by atoms with van der Waals surface area (Å²) in [4.78, 5) is 12.8. The molecule has 1 aliphatic rings. The summed E-state index contributed by atoms with van der Waals surface area (Å²) in [5, 5.41) is 3.24. The van der Waals surface area contributed by atoms with E-state index in [1.54, 1.807) is 0 Å². The molecule has 0 aromatic heterocycles. The Kier molecular flexibility index (Phi) is 6.65. The van der Waals surface area contributed by atoms with Gasteiger partial charge in [-0.3, -0.25) is 4.79 Å². The first-order valence-electron chi connectivity index (χ1n) is 10.5. The van der Waals surface area contributed by atoms with Crippen LogP contribution in [-0.4, -0.2) is 19.1 Å². The molecule has 1 atom stereocenters. The molecule has 3 aromatic rings. The Morgan fingerprint density at radius 1 is 0.833 bits per heavy atom. The minimum atomic E-state index is -0.132. The first kappa shape index (κ1) is 20.0. The van der Waals surface area contributed by atoms with E-state index in [4.69, 9.17) is 9.47 Å². The van der Waals surface area contributed by atoms with Crippen molar-refractivity contribution in [2.75, 3.05) is 13.2 Å². The predicted molar refractivity (Wildman–Crippen MR) is 118 cm³/mol. The molecule has 0 saturated heterocycles. The average molecular weight is 402 g/mol. The number of carbonyl (C=O) groups excluding carboxylic acids is 1. The van der Waals surface area contributed by atoms with E-state index in [9.17, 15) is 4.79 Å². The Hall–Kier alpha value is -3.27. The van der Waals surface area contributed by atoms with Crippen LogP contribution in [0.4, 0.5) is 0 Å². The van der Waals surface area contributed by atoms with Gasteiger partial charge in [-0.15, -0.1) is 0 Å². The van der Waals surface area contributed by atoms with E-state index in [1.165, 1.54) is 11.1 Å². The lowest BCUT2D eigenvalue weighted by atomic mass is 9.98. The Bertz CT molecular complexity index is 957. The molecule has 1 heterocycles. The minimum Gasteiger partial charge on any atom is -0.490 e. The van der Waals surface area contributed by atoms with Crippen LogP contribution in [0.1, 0.15) is 35.6 Å². The third-order valence-corrected chi connectivity index (χ3v) is 5.28. The Labute approximate surface area is 177 Å². The van der Waals surface area contributed by atoms with Crippen LogP contribution in [0.15, 0.2) is 78.9 Å². The van der Waals surface area contributed by atoms with Gasteiger partial charge in [-0.1, -0.05) is 66.7 Å². The van der Waals surface area contributed by atoms with Crippen molar-refractivity contribution in [3.63, 3.8) is 0 Å². The smallest absolute Gasteiger partial charge is 0.220 e. The summed E-state index contributed by atoms with van der Waals surface area (Å²) in [5.74, 6) is 1.57. The van der Waals surface area contributed by atoms with Gasteiger partial charge >= 0.3 is 0 Å². The predicted octanol–water partition coefficient (Wildman–Crippen LogP) is 4.88. The van der Waals surface area contributed by atoms with Crippen LogP contribution in [0.25, 0.3) is 0 Å². The van der Waals surface area contributed by atoms with E-state index in [1.807, 2.05) is 54.6 Å². The molecule has 0 fully saturated rings. The standard InChI is InChI=1S/C26H27NO3/c28-26(15-12-20-8-3-1-4-9-20)27-23(18-21-10-5-2-6-11-21)22-13-14-24-25(19-22)30-17-7-16-29-24/h1-6,8-11,13-14,19,23H,7,12,15-18H2,(H,27,28). The van der Waals surface area contributed by atoms with Crippen molar-refractivity contribution in [2.24, 2.45) is 0 Å². The van der Waals surface area contributed by atoms with Crippen LogP contribution in [0, 0.1) is 0 Å². The summed E-state index contributed by atoms with van der Waals surface area (Å²) < 4.78 is 11.6. The molecular weight excluding hydrogens is 374 g/mol. The van der Waals surface area contributed by atoms with Crippen molar-refractivity contribution >= 4 is 5.91 Å². The first-order valence-corrected chi connectivity index (χ1v) is 10.5. The Morgan fingerprint density at radius 3 is 2.23 bits per heavy atom. The molecule has 4 rings (SSSR count). The maximum atomic E-state index is 12.8. The Morgan fingerprint density at radius 2 is 1.50 bits per heavy atom. The first-order chi connectivity index (χ1) is 14.8. The zero-order chi connectivity index (χ0) is 20.6. The summed E-state index contributed by atoms with van der Waals surface area (Å²) in [6.07, 6.45) is 2.77. The summed E-state index contributed by atoms with van der Waals surface area (Å²) in [5.41, 5.74) is 3.37. The number of fused-ring (bicyclic) bond motifs is 1. The number of nitrogens with one attached hydrogen (secondary N) is 1. The second-order valence-corrected chi connectivity index (χ2v) is 7.55. The zero-order valence-corrected chi connectivity index (χ0v) is 17.1. The molecule has 30 heavy (non-hydrogen) atoms. The number of benzene rings is 3. The highest BCUT2D eigenvalue weighted by Crippen LogP contribution is 2.33. The van der Waals surface area contributed by atoms with Gasteiger partial charge in [0.25, 0.3) is 0 Å². The number of rotatable bonds is 7. The normalized spacial score (nSPS) is 13.9. The van der Waals surface area contributed by atoms with Crippen LogP contribution >= 0.6 is 0 Å². The molecule has 0 saturated carbocycles. The number of hydrogen-bond donors (Lipinski definition) is 1. The van der Waals surface area contributed by atoms with Gasteiger partial charge in [0.2, 0.25) is 5.91 Å². The SMILES string of the molecule is O=C(CCc1ccccc1)NC(Cc1ccccc1)c1ccc2c(c1)OCCCO2. The van der Waals surface area contributed by atoms with Crippen molar-refractivity contribution < 1.29 is 14.3 Å². The fourth-order valence-corrected chi connectivity index (χ4v) is 3.67. The molecule has 3 aromatic carbocycles. The quantitative estimate of drug-likeness (QED) is 0.614. The van der Waals surface area contributed by atoms with E-state index >= 15 is 0 Å². The molecule has 1 aliphatic heterocycles. The average Bonchev–Trinajstić information content (AvgIpc) is 3.03. The van der Waals surface area contributed by atoms with Crippen molar-refractivity contribution in [1.29, 1.82) is 0 Å². The summed E-state index contributed by atoms with van der Waals surface area (Å²) in [7, 11) is 0. The van der Waals surface area contributed by atoms with Crippen LogP contribution in [0.3, 0.4) is 0 Å². The lowest BCUT2D eigenvalue weighted by molar-refractivity contribution is -0.121. The maximum absolute atomic E-state index is 12.8. The van der Waals surface area contributed by atoms with Crippen molar-refractivity contribution in [3.05, 3.63) is 95.6 Å². The highest BCUT2D eigenvalue weighted by atomic mass is 16.5. The molecule has 1 amide bonds. The number of aryl methyl sites for hydroxylation is 1. The summed E-state index contributed by atoms with van der Waals surface area (Å²) in [6.45, 7) is 1.30. The van der Waals surface area contributed by atoms with E-state index in [0.717, 1.165) is 36.3 Å². The monoisotopic (exact) mass is 401 g/mol. The molecule has 4 heteroatoms. The van der Waals surface area contributed by atoms with Crippen molar-refractivity contribution in [2.45, 2.75) is 31.7 Å². The molecular formula is C26H27NO3. The third kappa shape index (κ3) is 5.41. The fraction of sp³-hybridized carbons (Fsp3) is 0.269. The van der Waals surface area contributed by atoms with Gasteiger partial charge in [0.05, 0.1) is 19.3 Å². The molecule has 154 valence electrons. The van der Waals surface area contributed by atoms with E-state index in [2.05, 4.69) is 29.6 Å². The summed E-state index contributed by atoms with van der Waals surface area (Å²) in [6, 6.07) is 26.2. The number of hydrogen-bond acceptors (Lipinski definition) is 3. The molecule has 0 aliphatic carbocycles. The van der Waals surface area contributed by atoms with Gasteiger partial charge in [-0.05, 0) is 41.7 Å². The van der Waals surface area contributed by atoms with E-state index in [0.29, 0.717) is 19.6 Å². The second kappa shape index (κ2) is 9.97. The molecule has 0 spiro atoms. The zero-order valence-electron chi connectivity index (χ0n) is 17.1. The van der Waals surface area contributed by atoms with Crippen molar-refractivity contribution in [1.82, 2.24) is 5.32 Å². The van der Waals surface area contributed by atoms with Crippen LogP contribution < -0.4 is 14.8 Å². The topological polar surface area (TPSA) is 47.6 Å². The summed E-state index contributed by atoms with van der Waals surface area (Å²) >= 11 is 0. The minimum absolute atomic E-state index is 0.0481. The number of carbonyl (C=O) groups is 1. The van der Waals surface area contributed by atoms with Gasteiger partial charge in [0.1, 0.15) is 0 Å². The maximum Gasteiger partial charge on any atom is 0.220 e. The lowest BCUT2D eigenvalue weighted by Gasteiger charge is -2.21. The molecule has 0 bridgehead atoms. The van der Waals surface area contributed by atoms with E-state index in [-0.39, 0.29) is 11.9 Å². The lowest BCUT2D eigenvalue weighted by Crippen LogP contribution is -2.30. The highest BCUT2D eigenvalue weighted by Gasteiger charge is 2.19. The van der Waals surface area contributed by atoms with Crippen LogP contribution in [0.5, 0.6) is 11.5 Å². The van der Waals surface area contributed by atoms with Crippen LogP contribution in [-0.2, 0) is 17.6 Å². The van der Waals surface area contributed by atoms with Gasteiger partial charge in [0, 0.05) is 12.8 Å². The largest absolute Gasteiger partial charge is 0.490 e. The highest BCUT2D eigenvalue weighted by molar-refractivity contribution is 5.76. The van der Waals surface area contributed by atoms with Gasteiger partial charge in [-0.2, -0.15) is 0 Å². The van der Waals surface area contributed by atoms with Gasteiger partial charge < -0.3 is 14.8 Å². The molecule has 1 N–H and O–H groups in total. The third-order valence-electron chi connectivity index (χ3n) is 5.28. The number of amides is 1. The van der Waals surface area contributed by atoms with Gasteiger partial charge in [-0.25, -0.2) is 0 Å². The Balaban J connectivity index is 1.50. The number of ether oxygens (including phenoxy) is 2.